The second-order valence-electron chi connectivity index (χ2n) is 6.05. The first-order valence-electron chi connectivity index (χ1n) is 7.19. The Hall–Kier alpha value is -0.470. The lowest BCUT2D eigenvalue weighted by Crippen LogP contribution is -2.30. The van der Waals surface area contributed by atoms with Crippen LogP contribution in [0.3, 0.4) is 0 Å². The zero-order chi connectivity index (χ0) is 12.5. The number of aryl methyl sites for hydroxylation is 1. The smallest absolute Gasteiger partial charge is 0.0248 e. The molecular formula is C16H23NS. The van der Waals surface area contributed by atoms with Crippen LogP contribution in [0.25, 0.3) is 0 Å². The van der Waals surface area contributed by atoms with Crippen LogP contribution < -0.4 is 5.73 Å². The van der Waals surface area contributed by atoms with Crippen molar-refractivity contribution >= 4 is 11.8 Å². The maximum absolute atomic E-state index is 6.05. The maximum Gasteiger partial charge on any atom is 0.0248 e. The summed E-state index contributed by atoms with van der Waals surface area (Å²) in [6, 6.07) is 8.85. The Labute approximate surface area is 115 Å². The number of nitrogens with two attached hydrogens (primary N) is 1. The molecule has 2 N–H and O–H groups in total. The van der Waals surface area contributed by atoms with Gasteiger partial charge < -0.3 is 5.73 Å². The average molecular weight is 261 g/mol. The average Bonchev–Trinajstić information content (AvgIpc) is 2.98. The van der Waals surface area contributed by atoms with Crippen molar-refractivity contribution in [3.05, 3.63) is 29.8 Å². The molecule has 2 heteroatoms. The van der Waals surface area contributed by atoms with E-state index in [1.807, 2.05) is 11.8 Å². The van der Waals surface area contributed by atoms with Crippen molar-refractivity contribution in [3.8, 4) is 0 Å². The summed E-state index contributed by atoms with van der Waals surface area (Å²) < 4.78 is 0. The minimum atomic E-state index is 0.627. The van der Waals surface area contributed by atoms with Gasteiger partial charge in [0.05, 0.1) is 0 Å². The topological polar surface area (TPSA) is 26.0 Å². The Morgan fingerprint density at radius 2 is 2.22 bits per heavy atom. The molecule has 4 atom stereocenters. The fourth-order valence-corrected chi connectivity index (χ4v) is 5.29. The molecule has 0 saturated heterocycles. The minimum Gasteiger partial charge on any atom is -0.329 e. The molecule has 2 aliphatic carbocycles. The van der Waals surface area contributed by atoms with Gasteiger partial charge in [0.2, 0.25) is 0 Å². The second kappa shape index (κ2) is 5.26. The second-order valence-corrected chi connectivity index (χ2v) is 7.36. The van der Waals surface area contributed by atoms with Gasteiger partial charge >= 0.3 is 0 Å². The first-order chi connectivity index (χ1) is 8.76. The Kier molecular flexibility index (Phi) is 3.67. The van der Waals surface area contributed by atoms with E-state index in [1.54, 1.807) is 0 Å². The van der Waals surface area contributed by atoms with Crippen LogP contribution in [0, 0.1) is 24.7 Å². The van der Waals surface area contributed by atoms with E-state index < -0.39 is 0 Å². The van der Waals surface area contributed by atoms with Crippen molar-refractivity contribution < 1.29 is 0 Å². The Morgan fingerprint density at radius 1 is 1.33 bits per heavy atom. The molecule has 2 aliphatic rings. The van der Waals surface area contributed by atoms with Crippen LogP contribution in [0.5, 0.6) is 0 Å². The molecular weight excluding hydrogens is 238 g/mol. The molecule has 3 rings (SSSR count). The van der Waals surface area contributed by atoms with E-state index in [4.69, 9.17) is 5.73 Å². The molecule has 2 fully saturated rings. The van der Waals surface area contributed by atoms with Crippen LogP contribution in [0.1, 0.15) is 31.2 Å². The van der Waals surface area contributed by atoms with Crippen molar-refractivity contribution in [2.45, 2.75) is 42.8 Å². The number of benzene rings is 1. The number of fused-ring (bicyclic) bond motifs is 2. The van der Waals surface area contributed by atoms with Gasteiger partial charge in [-0.05, 0) is 56.1 Å². The molecule has 0 aliphatic heterocycles. The van der Waals surface area contributed by atoms with Crippen molar-refractivity contribution in [2.24, 2.45) is 23.5 Å². The molecule has 0 amide bonds. The molecule has 0 aromatic heterocycles. The molecule has 2 saturated carbocycles. The van der Waals surface area contributed by atoms with E-state index in [9.17, 15) is 0 Å². The Balaban J connectivity index is 1.69. The van der Waals surface area contributed by atoms with E-state index in [-0.39, 0.29) is 0 Å². The highest BCUT2D eigenvalue weighted by atomic mass is 32.2. The van der Waals surface area contributed by atoms with Gasteiger partial charge in [-0.3, -0.25) is 0 Å². The van der Waals surface area contributed by atoms with Crippen LogP contribution in [0.4, 0.5) is 0 Å². The van der Waals surface area contributed by atoms with Crippen LogP contribution in [0.15, 0.2) is 29.2 Å². The van der Waals surface area contributed by atoms with Gasteiger partial charge in [-0.2, -0.15) is 0 Å². The van der Waals surface area contributed by atoms with Gasteiger partial charge in [0.15, 0.2) is 0 Å². The van der Waals surface area contributed by atoms with E-state index in [1.165, 1.54) is 36.1 Å². The van der Waals surface area contributed by atoms with Gasteiger partial charge in [0.1, 0.15) is 0 Å². The van der Waals surface area contributed by atoms with Crippen molar-refractivity contribution in [1.29, 1.82) is 0 Å². The first-order valence-corrected chi connectivity index (χ1v) is 8.07. The van der Waals surface area contributed by atoms with Crippen LogP contribution in [-0.2, 0) is 0 Å². The maximum atomic E-state index is 6.05. The third-order valence-corrected chi connectivity index (χ3v) is 6.15. The predicted octanol–water partition coefficient (Wildman–Crippen LogP) is 3.85. The fraction of sp³-hybridized carbons (Fsp3) is 0.625. The van der Waals surface area contributed by atoms with Crippen LogP contribution >= 0.6 is 11.8 Å². The van der Waals surface area contributed by atoms with Gasteiger partial charge in [0.25, 0.3) is 0 Å². The zero-order valence-electron chi connectivity index (χ0n) is 11.1. The lowest BCUT2D eigenvalue weighted by Gasteiger charge is -2.29. The van der Waals surface area contributed by atoms with Gasteiger partial charge in [-0.25, -0.2) is 0 Å². The zero-order valence-corrected chi connectivity index (χ0v) is 12.0. The first kappa shape index (κ1) is 12.6. The lowest BCUT2D eigenvalue weighted by molar-refractivity contribution is 0.326. The summed E-state index contributed by atoms with van der Waals surface area (Å²) in [6.07, 6.45) is 5.86. The van der Waals surface area contributed by atoms with E-state index in [0.29, 0.717) is 5.25 Å². The fourth-order valence-electron chi connectivity index (χ4n) is 3.92. The number of hydrogen-bond acceptors (Lipinski definition) is 2. The normalized spacial score (nSPS) is 31.8. The number of rotatable bonds is 4. The summed E-state index contributed by atoms with van der Waals surface area (Å²) >= 11 is 2.01. The van der Waals surface area contributed by atoms with Crippen LogP contribution in [0.2, 0.25) is 0 Å². The highest BCUT2D eigenvalue weighted by Crippen LogP contribution is 2.52. The van der Waals surface area contributed by atoms with E-state index in [2.05, 4.69) is 31.2 Å². The standard InChI is InChI=1S/C16H23NS/c1-11-3-2-4-14(7-11)18-16(10-17)15-9-12-5-6-13(15)8-12/h2-4,7,12-13,15-16H,5-6,8-10,17H2,1H3. The number of hydrogen-bond donors (Lipinski definition) is 1. The van der Waals surface area contributed by atoms with Gasteiger partial charge in [-0.1, -0.05) is 24.1 Å². The SMILES string of the molecule is Cc1cccc(SC(CN)C2CC3CCC2C3)c1. The van der Waals surface area contributed by atoms with E-state index in [0.717, 1.165) is 24.3 Å². The van der Waals surface area contributed by atoms with E-state index >= 15 is 0 Å². The highest BCUT2D eigenvalue weighted by molar-refractivity contribution is 8.00. The molecule has 1 nitrogen and oxygen atoms in total. The van der Waals surface area contributed by atoms with Gasteiger partial charge in [-0.15, -0.1) is 11.8 Å². The van der Waals surface area contributed by atoms with Crippen LogP contribution in [-0.4, -0.2) is 11.8 Å². The largest absolute Gasteiger partial charge is 0.329 e. The van der Waals surface area contributed by atoms with Gasteiger partial charge in [0, 0.05) is 16.7 Å². The summed E-state index contributed by atoms with van der Waals surface area (Å²) in [4.78, 5) is 1.40. The summed E-state index contributed by atoms with van der Waals surface area (Å²) in [7, 11) is 0. The predicted molar refractivity (Wildman–Crippen MR) is 78.8 cm³/mol. The Morgan fingerprint density at radius 3 is 2.83 bits per heavy atom. The van der Waals surface area contributed by atoms with Crippen molar-refractivity contribution in [2.75, 3.05) is 6.54 Å². The van der Waals surface area contributed by atoms with Crippen molar-refractivity contribution in [1.82, 2.24) is 0 Å². The Bertz CT molecular complexity index is 417. The molecule has 1 aromatic rings. The third-order valence-electron chi connectivity index (χ3n) is 4.78. The summed E-state index contributed by atoms with van der Waals surface area (Å²) in [5, 5.41) is 0.627. The van der Waals surface area contributed by atoms with Crippen molar-refractivity contribution in [3.63, 3.8) is 0 Å². The summed E-state index contributed by atoms with van der Waals surface area (Å²) in [6.45, 7) is 2.99. The summed E-state index contributed by atoms with van der Waals surface area (Å²) in [5.41, 5.74) is 7.40. The minimum absolute atomic E-state index is 0.627. The quantitative estimate of drug-likeness (QED) is 0.833. The third kappa shape index (κ3) is 2.46. The number of thioether (sulfide) groups is 1. The monoisotopic (exact) mass is 261 g/mol. The molecule has 0 heterocycles. The molecule has 1 aromatic carbocycles. The molecule has 98 valence electrons. The lowest BCUT2D eigenvalue weighted by atomic mass is 9.86. The molecule has 0 spiro atoms. The molecule has 0 radical (unpaired) electrons. The summed E-state index contributed by atoms with van der Waals surface area (Å²) in [5.74, 6) is 2.87. The molecule has 18 heavy (non-hydrogen) atoms. The molecule has 2 bridgehead atoms. The highest BCUT2D eigenvalue weighted by Gasteiger charge is 2.42. The molecule has 4 unspecified atom stereocenters.